The lowest BCUT2D eigenvalue weighted by atomic mass is 9.84. The first-order valence-corrected chi connectivity index (χ1v) is 5.65. The molecule has 0 fully saturated rings. The lowest BCUT2D eigenvalue weighted by molar-refractivity contribution is -0.144. The lowest BCUT2D eigenvalue weighted by Gasteiger charge is -2.25. The normalized spacial score (nSPS) is 18.6. The van der Waals surface area contributed by atoms with Gasteiger partial charge in [-0.05, 0) is 18.1 Å². The lowest BCUT2D eigenvalue weighted by Crippen LogP contribution is -2.27. The highest BCUT2D eigenvalue weighted by molar-refractivity contribution is 5.67. The van der Waals surface area contributed by atoms with Gasteiger partial charge < -0.3 is 9.72 Å². The number of aromatic nitrogens is 1. The van der Waals surface area contributed by atoms with Gasteiger partial charge in [0.2, 0.25) is 0 Å². The second kappa shape index (κ2) is 4.92. The van der Waals surface area contributed by atoms with E-state index in [1.807, 2.05) is 6.08 Å². The zero-order valence-corrected chi connectivity index (χ0v) is 9.97. The SMILES string of the molecule is C#CC(OC(C)=O)C1CC=Cc2c1cc[nH]c2=O. The molecule has 1 aromatic rings. The second-order valence-electron chi connectivity index (χ2n) is 4.12. The van der Waals surface area contributed by atoms with Crippen LogP contribution in [0.4, 0.5) is 0 Å². The van der Waals surface area contributed by atoms with Crippen molar-refractivity contribution in [3.05, 3.63) is 39.8 Å². The van der Waals surface area contributed by atoms with E-state index in [0.717, 1.165) is 5.56 Å². The molecule has 1 aromatic heterocycles. The zero-order valence-electron chi connectivity index (χ0n) is 9.97. The maximum absolute atomic E-state index is 11.7. The van der Waals surface area contributed by atoms with E-state index in [2.05, 4.69) is 10.9 Å². The Bertz CT molecular complexity index is 592. The van der Waals surface area contributed by atoms with Gasteiger partial charge in [0.05, 0.1) is 0 Å². The van der Waals surface area contributed by atoms with Crippen LogP contribution in [0.25, 0.3) is 6.08 Å². The van der Waals surface area contributed by atoms with Crippen LogP contribution in [0.1, 0.15) is 30.4 Å². The first kappa shape index (κ1) is 12.2. The number of fused-ring (bicyclic) bond motifs is 1. The van der Waals surface area contributed by atoms with Gasteiger partial charge in [0, 0.05) is 24.6 Å². The van der Waals surface area contributed by atoms with Crippen molar-refractivity contribution in [3.8, 4) is 12.3 Å². The van der Waals surface area contributed by atoms with Crippen molar-refractivity contribution in [1.82, 2.24) is 4.98 Å². The van der Waals surface area contributed by atoms with Gasteiger partial charge >= 0.3 is 5.97 Å². The van der Waals surface area contributed by atoms with E-state index in [0.29, 0.717) is 12.0 Å². The van der Waals surface area contributed by atoms with Crippen LogP contribution < -0.4 is 5.56 Å². The topological polar surface area (TPSA) is 59.2 Å². The zero-order chi connectivity index (χ0) is 13.1. The average molecular weight is 243 g/mol. The number of carbonyl (C=O) groups excluding carboxylic acids is 1. The molecule has 0 aliphatic heterocycles. The molecule has 2 rings (SSSR count). The third-order valence-corrected chi connectivity index (χ3v) is 2.93. The summed E-state index contributed by atoms with van der Waals surface area (Å²) in [7, 11) is 0. The van der Waals surface area contributed by atoms with Crippen molar-refractivity contribution < 1.29 is 9.53 Å². The first-order valence-electron chi connectivity index (χ1n) is 5.65. The van der Waals surface area contributed by atoms with Crippen LogP contribution in [-0.2, 0) is 9.53 Å². The third-order valence-electron chi connectivity index (χ3n) is 2.93. The molecule has 18 heavy (non-hydrogen) atoms. The minimum Gasteiger partial charge on any atom is -0.449 e. The van der Waals surface area contributed by atoms with Gasteiger partial charge in [-0.25, -0.2) is 0 Å². The van der Waals surface area contributed by atoms with Gasteiger partial charge in [0.1, 0.15) is 0 Å². The molecule has 1 N–H and O–H groups in total. The van der Waals surface area contributed by atoms with Gasteiger partial charge in [-0.2, -0.15) is 0 Å². The number of allylic oxidation sites excluding steroid dienone is 1. The third kappa shape index (κ3) is 2.21. The Morgan fingerprint density at radius 2 is 2.44 bits per heavy atom. The van der Waals surface area contributed by atoms with Gasteiger partial charge in [-0.3, -0.25) is 9.59 Å². The molecule has 1 aliphatic rings. The first-order chi connectivity index (χ1) is 8.63. The maximum Gasteiger partial charge on any atom is 0.303 e. The molecule has 0 spiro atoms. The summed E-state index contributed by atoms with van der Waals surface area (Å²) >= 11 is 0. The molecule has 0 bridgehead atoms. The monoisotopic (exact) mass is 243 g/mol. The fourth-order valence-electron chi connectivity index (χ4n) is 2.16. The Hall–Kier alpha value is -2.28. The number of rotatable bonds is 2. The highest BCUT2D eigenvalue weighted by atomic mass is 16.5. The summed E-state index contributed by atoms with van der Waals surface area (Å²) in [6.45, 7) is 1.32. The molecule has 0 radical (unpaired) electrons. The number of pyridine rings is 1. The van der Waals surface area contributed by atoms with E-state index in [1.54, 1.807) is 18.3 Å². The number of H-pyrrole nitrogens is 1. The summed E-state index contributed by atoms with van der Waals surface area (Å²) in [6, 6.07) is 1.80. The molecule has 1 heterocycles. The number of hydrogen-bond acceptors (Lipinski definition) is 3. The number of carbonyl (C=O) groups is 1. The van der Waals surface area contributed by atoms with Crippen molar-refractivity contribution in [1.29, 1.82) is 0 Å². The summed E-state index contributed by atoms with van der Waals surface area (Å²) in [5.41, 5.74) is 1.25. The predicted molar refractivity (Wildman–Crippen MR) is 67.8 cm³/mol. The summed E-state index contributed by atoms with van der Waals surface area (Å²) in [4.78, 5) is 25.3. The smallest absolute Gasteiger partial charge is 0.303 e. The van der Waals surface area contributed by atoms with E-state index < -0.39 is 12.1 Å². The fourth-order valence-corrected chi connectivity index (χ4v) is 2.16. The van der Waals surface area contributed by atoms with Gasteiger partial charge in [-0.1, -0.05) is 18.1 Å². The Balaban J connectivity index is 2.41. The summed E-state index contributed by atoms with van der Waals surface area (Å²) < 4.78 is 5.11. The molecule has 0 amide bonds. The Morgan fingerprint density at radius 1 is 1.67 bits per heavy atom. The Kier molecular flexibility index (Phi) is 3.33. The fraction of sp³-hybridized carbons (Fsp3) is 0.286. The minimum atomic E-state index is -0.645. The molecule has 92 valence electrons. The van der Waals surface area contributed by atoms with Crippen molar-refractivity contribution in [2.24, 2.45) is 0 Å². The molecule has 4 nitrogen and oxygen atoms in total. The molecular formula is C14H13NO3. The number of aromatic amines is 1. The molecular weight excluding hydrogens is 230 g/mol. The van der Waals surface area contributed by atoms with E-state index in [-0.39, 0.29) is 11.5 Å². The number of hydrogen-bond donors (Lipinski definition) is 1. The quantitative estimate of drug-likeness (QED) is 0.631. The maximum atomic E-state index is 11.7. The van der Waals surface area contributed by atoms with E-state index in [9.17, 15) is 9.59 Å². The number of esters is 1. The van der Waals surface area contributed by atoms with E-state index >= 15 is 0 Å². The second-order valence-corrected chi connectivity index (χ2v) is 4.12. The van der Waals surface area contributed by atoms with Gasteiger partial charge in [0.15, 0.2) is 6.10 Å². The van der Waals surface area contributed by atoms with Crippen LogP contribution >= 0.6 is 0 Å². The summed E-state index contributed by atoms with van der Waals surface area (Å²) in [5.74, 6) is 1.89. The highest BCUT2D eigenvalue weighted by Gasteiger charge is 2.27. The average Bonchev–Trinajstić information content (AvgIpc) is 2.36. The molecule has 2 atom stereocenters. The largest absolute Gasteiger partial charge is 0.449 e. The summed E-state index contributed by atoms with van der Waals surface area (Å²) in [6.07, 6.45) is 10.6. The van der Waals surface area contributed by atoms with Crippen LogP contribution in [-0.4, -0.2) is 17.1 Å². The standard InChI is InChI=1S/C14H13NO3/c1-3-13(18-9(2)16)11-5-4-6-12-10(11)7-8-15-14(12)17/h1,4,6-8,11,13H,5H2,2H3,(H,15,17). The van der Waals surface area contributed by atoms with Crippen molar-refractivity contribution in [2.75, 3.05) is 0 Å². The Morgan fingerprint density at radius 3 is 3.11 bits per heavy atom. The van der Waals surface area contributed by atoms with E-state index in [4.69, 9.17) is 11.2 Å². The van der Waals surface area contributed by atoms with Crippen LogP contribution in [0.3, 0.4) is 0 Å². The van der Waals surface area contributed by atoms with Crippen LogP contribution in [0.2, 0.25) is 0 Å². The summed E-state index contributed by atoms with van der Waals surface area (Å²) in [5, 5.41) is 0. The molecule has 0 aromatic carbocycles. The van der Waals surface area contributed by atoms with Crippen molar-refractivity contribution in [2.45, 2.75) is 25.4 Å². The van der Waals surface area contributed by atoms with Gasteiger partial charge in [-0.15, -0.1) is 6.42 Å². The van der Waals surface area contributed by atoms with Crippen molar-refractivity contribution >= 4 is 12.0 Å². The van der Waals surface area contributed by atoms with Crippen LogP contribution in [0, 0.1) is 12.3 Å². The molecule has 0 saturated carbocycles. The van der Waals surface area contributed by atoms with Crippen LogP contribution in [0.5, 0.6) is 0 Å². The van der Waals surface area contributed by atoms with Gasteiger partial charge in [0.25, 0.3) is 5.56 Å². The molecule has 2 unspecified atom stereocenters. The van der Waals surface area contributed by atoms with Crippen molar-refractivity contribution in [3.63, 3.8) is 0 Å². The predicted octanol–water partition coefficient (Wildman–Crippen LogP) is 1.44. The molecule has 1 aliphatic carbocycles. The Labute approximate surface area is 105 Å². The number of ether oxygens (including phenoxy) is 1. The number of terminal acetylenes is 1. The minimum absolute atomic E-state index is 0.160. The molecule has 4 heteroatoms. The number of nitrogens with one attached hydrogen (secondary N) is 1. The van der Waals surface area contributed by atoms with Crippen LogP contribution in [0.15, 0.2) is 23.1 Å². The highest BCUT2D eigenvalue weighted by Crippen LogP contribution is 2.31. The molecule has 0 saturated heterocycles. The van der Waals surface area contributed by atoms with E-state index in [1.165, 1.54) is 6.92 Å².